The summed E-state index contributed by atoms with van der Waals surface area (Å²) in [6.45, 7) is 0.265. The van der Waals surface area contributed by atoms with Crippen molar-refractivity contribution in [3.8, 4) is 0 Å². The summed E-state index contributed by atoms with van der Waals surface area (Å²) >= 11 is 5.72. The van der Waals surface area contributed by atoms with Crippen molar-refractivity contribution < 1.29 is 9.18 Å². The minimum Gasteiger partial charge on any atom is -0.380 e. The Labute approximate surface area is 104 Å². The maximum atomic E-state index is 13.1. The first kappa shape index (κ1) is 13.7. The third-order valence-corrected chi connectivity index (χ3v) is 2.45. The monoisotopic (exact) mass is 259 g/mol. The first-order valence-electron chi connectivity index (χ1n) is 5.18. The lowest BCUT2D eigenvalue weighted by Gasteiger charge is -2.17. The van der Waals surface area contributed by atoms with E-state index in [1.165, 1.54) is 12.1 Å². The van der Waals surface area contributed by atoms with Gasteiger partial charge < -0.3 is 16.4 Å². The quantitative estimate of drug-likeness (QED) is 0.748. The summed E-state index contributed by atoms with van der Waals surface area (Å²) < 4.78 is 13.1. The molecule has 0 fully saturated rings. The highest BCUT2D eigenvalue weighted by Crippen LogP contribution is 2.19. The van der Waals surface area contributed by atoms with Crippen molar-refractivity contribution in [1.82, 2.24) is 5.32 Å². The second kappa shape index (κ2) is 6.42. The topological polar surface area (TPSA) is 67.2 Å². The highest BCUT2D eigenvalue weighted by Gasteiger charge is 2.11. The molecule has 0 radical (unpaired) electrons. The molecule has 1 aromatic rings. The van der Waals surface area contributed by atoms with Gasteiger partial charge in [0.15, 0.2) is 0 Å². The number of hydrogen-bond acceptors (Lipinski definition) is 3. The Balaban J connectivity index is 2.70. The lowest BCUT2D eigenvalue weighted by Crippen LogP contribution is -2.34. The summed E-state index contributed by atoms with van der Waals surface area (Å²) in [5, 5.41) is 5.76. The molecule has 4 nitrogen and oxygen atoms in total. The fourth-order valence-corrected chi connectivity index (χ4v) is 1.61. The largest absolute Gasteiger partial charge is 0.380 e. The van der Waals surface area contributed by atoms with Gasteiger partial charge in [0.1, 0.15) is 5.82 Å². The van der Waals surface area contributed by atoms with Gasteiger partial charge >= 0.3 is 0 Å². The average Bonchev–Trinajstić information content (AvgIpc) is 2.26. The molecular formula is C11H15ClFN3O. The molecular weight excluding hydrogens is 245 g/mol. The van der Waals surface area contributed by atoms with Gasteiger partial charge in [-0.2, -0.15) is 0 Å². The van der Waals surface area contributed by atoms with Gasteiger partial charge in [0.05, 0.1) is 0 Å². The van der Waals surface area contributed by atoms with Crippen molar-refractivity contribution in [3.05, 3.63) is 29.0 Å². The molecule has 0 aliphatic rings. The molecule has 17 heavy (non-hydrogen) atoms. The van der Waals surface area contributed by atoms with Crippen LogP contribution in [0.5, 0.6) is 0 Å². The van der Waals surface area contributed by atoms with Crippen LogP contribution in [0.4, 0.5) is 10.1 Å². The number of carbonyl (C=O) groups excluding carboxylic acids is 1. The Morgan fingerprint density at radius 1 is 1.53 bits per heavy atom. The Hall–Kier alpha value is -1.33. The zero-order valence-corrected chi connectivity index (χ0v) is 10.2. The van der Waals surface area contributed by atoms with Gasteiger partial charge in [-0.1, -0.05) is 11.6 Å². The van der Waals surface area contributed by atoms with Gasteiger partial charge in [0.2, 0.25) is 5.91 Å². The molecule has 0 saturated heterocycles. The first-order valence-corrected chi connectivity index (χ1v) is 5.56. The van der Waals surface area contributed by atoms with E-state index in [1.807, 2.05) is 0 Å². The second-order valence-electron chi connectivity index (χ2n) is 3.61. The van der Waals surface area contributed by atoms with Gasteiger partial charge in [0.25, 0.3) is 0 Å². The standard InChI is InChI=1S/C11H15ClFN3O/c1-15-11(17)5-10(6-14)16-9-3-7(12)2-8(13)4-9/h2-4,10,16H,5-6,14H2,1H3,(H,15,17). The van der Waals surface area contributed by atoms with Crippen LogP contribution >= 0.6 is 11.6 Å². The van der Waals surface area contributed by atoms with Crippen molar-refractivity contribution in [2.45, 2.75) is 12.5 Å². The van der Waals surface area contributed by atoms with Crippen LogP contribution in [0.2, 0.25) is 5.02 Å². The van der Waals surface area contributed by atoms with Crippen LogP contribution in [0, 0.1) is 5.82 Å². The van der Waals surface area contributed by atoms with Crippen LogP contribution < -0.4 is 16.4 Å². The first-order chi connectivity index (χ1) is 8.05. The van der Waals surface area contributed by atoms with E-state index in [9.17, 15) is 9.18 Å². The molecule has 1 unspecified atom stereocenters. The predicted molar refractivity (Wildman–Crippen MR) is 66.6 cm³/mol. The van der Waals surface area contributed by atoms with Gasteiger partial charge in [-0.15, -0.1) is 0 Å². The molecule has 0 heterocycles. The number of nitrogens with one attached hydrogen (secondary N) is 2. The molecule has 94 valence electrons. The Morgan fingerprint density at radius 3 is 2.76 bits per heavy atom. The number of carbonyl (C=O) groups is 1. The molecule has 1 amide bonds. The Bertz CT molecular complexity index is 380. The summed E-state index contributed by atoms with van der Waals surface area (Å²) in [6, 6.07) is 3.84. The van der Waals surface area contributed by atoms with Gasteiger partial charge in [-0.3, -0.25) is 4.79 Å². The number of hydrogen-bond donors (Lipinski definition) is 3. The number of nitrogens with two attached hydrogens (primary N) is 1. The van der Waals surface area contributed by atoms with Crippen LogP contribution in [0.3, 0.4) is 0 Å². The van der Waals surface area contributed by atoms with Gasteiger partial charge in [-0.25, -0.2) is 4.39 Å². The van der Waals surface area contributed by atoms with Crippen molar-refractivity contribution in [2.75, 3.05) is 18.9 Å². The highest BCUT2D eigenvalue weighted by atomic mass is 35.5. The molecule has 4 N–H and O–H groups in total. The average molecular weight is 260 g/mol. The van der Waals surface area contributed by atoms with Crippen molar-refractivity contribution in [1.29, 1.82) is 0 Å². The number of benzene rings is 1. The summed E-state index contributed by atoms with van der Waals surface area (Å²) in [5.41, 5.74) is 6.04. The molecule has 1 rings (SSSR count). The highest BCUT2D eigenvalue weighted by molar-refractivity contribution is 6.30. The predicted octanol–water partition coefficient (Wildman–Crippen LogP) is 1.35. The minimum absolute atomic E-state index is 0.129. The van der Waals surface area contributed by atoms with E-state index >= 15 is 0 Å². The van der Waals surface area contributed by atoms with Crippen LogP contribution in [0.15, 0.2) is 18.2 Å². The van der Waals surface area contributed by atoms with Crippen molar-refractivity contribution in [2.24, 2.45) is 5.73 Å². The molecule has 0 bridgehead atoms. The summed E-state index contributed by atoms with van der Waals surface area (Å²) in [4.78, 5) is 11.2. The fraction of sp³-hybridized carbons (Fsp3) is 0.364. The molecule has 0 spiro atoms. The van der Waals surface area contributed by atoms with E-state index < -0.39 is 5.82 Å². The van der Waals surface area contributed by atoms with Crippen LogP contribution in [-0.4, -0.2) is 25.5 Å². The number of rotatable bonds is 5. The number of amides is 1. The summed E-state index contributed by atoms with van der Waals surface area (Å²) in [6.07, 6.45) is 0.223. The Kier molecular flexibility index (Phi) is 5.18. The molecule has 1 atom stereocenters. The zero-order valence-electron chi connectivity index (χ0n) is 9.47. The third-order valence-electron chi connectivity index (χ3n) is 2.23. The lowest BCUT2D eigenvalue weighted by molar-refractivity contribution is -0.120. The summed E-state index contributed by atoms with van der Waals surface area (Å²) in [5.74, 6) is -0.564. The zero-order chi connectivity index (χ0) is 12.8. The second-order valence-corrected chi connectivity index (χ2v) is 4.05. The molecule has 6 heteroatoms. The van der Waals surface area contributed by atoms with Gasteiger partial charge in [-0.05, 0) is 18.2 Å². The van der Waals surface area contributed by atoms with Crippen molar-refractivity contribution >= 4 is 23.2 Å². The van der Waals surface area contributed by atoms with Crippen molar-refractivity contribution in [3.63, 3.8) is 0 Å². The molecule has 0 aromatic heterocycles. The normalized spacial score (nSPS) is 12.0. The maximum Gasteiger partial charge on any atom is 0.221 e. The smallest absolute Gasteiger partial charge is 0.221 e. The molecule has 0 saturated carbocycles. The fourth-order valence-electron chi connectivity index (χ4n) is 1.39. The summed E-state index contributed by atoms with van der Waals surface area (Å²) in [7, 11) is 1.55. The molecule has 0 aliphatic carbocycles. The number of anilines is 1. The van der Waals surface area contributed by atoms with E-state index in [1.54, 1.807) is 13.1 Å². The van der Waals surface area contributed by atoms with Crippen LogP contribution in [-0.2, 0) is 4.79 Å². The van der Waals surface area contributed by atoms with E-state index in [0.717, 1.165) is 0 Å². The van der Waals surface area contributed by atoms with E-state index in [2.05, 4.69) is 10.6 Å². The van der Waals surface area contributed by atoms with E-state index in [-0.39, 0.29) is 24.9 Å². The minimum atomic E-state index is -0.435. The number of halogens is 2. The SMILES string of the molecule is CNC(=O)CC(CN)Nc1cc(F)cc(Cl)c1. The van der Waals surface area contributed by atoms with E-state index in [4.69, 9.17) is 17.3 Å². The van der Waals surface area contributed by atoms with Crippen LogP contribution in [0.25, 0.3) is 0 Å². The third kappa shape index (κ3) is 4.58. The maximum absolute atomic E-state index is 13.1. The van der Waals surface area contributed by atoms with E-state index in [0.29, 0.717) is 10.7 Å². The lowest BCUT2D eigenvalue weighted by atomic mass is 10.2. The Morgan fingerprint density at radius 2 is 2.24 bits per heavy atom. The van der Waals surface area contributed by atoms with Gasteiger partial charge in [0, 0.05) is 36.8 Å². The molecule has 0 aliphatic heterocycles. The van der Waals surface area contributed by atoms with Crippen LogP contribution in [0.1, 0.15) is 6.42 Å². The molecule has 1 aromatic carbocycles.